The van der Waals surface area contributed by atoms with Crippen molar-refractivity contribution in [3.8, 4) is 5.75 Å². The van der Waals surface area contributed by atoms with Crippen LogP contribution < -0.4 is 20.9 Å². The van der Waals surface area contributed by atoms with E-state index in [2.05, 4.69) is 32.1 Å². The Morgan fingerprint density at radius 2 is 1.87 bits per heavy atom. The van der Waals surface area contributed by atoms with Crippen LogP contribution in [0.3, 0.4) is 0 Å². The zero-order valence-electron chi connectivity index (χ0n) is 12.2. The van der Waals surface area contributed by atoms with E-state index in [1.54, 1.807) is 12.1 Å². The number of halogens is 1. The Balaban J connectivity index is 1.64. The Morgan fingerprint density at radius 3 is 2.61 bits per heavy atom. The molecule has 0 fully saturated rings. The van der Waals surface area contributed by atoms with Gasteiger partial charge in [-0.05, 0) is 36.0 Å². The molecule has 5 nitrogen and oxygen atoms in total. The maximum Gasteiger partial charge on any atom is 0.276 e. The van der Waals surface area contributed by atoms with Crippen LogP contribution >= 0.6 is 28.1 Å². The molecule has 0 saturated heterocycles. The van der Waals surface area contributed by atoms with E-state index < -0.39 is 0 Å². The largest absolute Gasteiger partial charge is 0.484 e. The molecule has 0 aliphatic rings. The van der Waals surface area contributed by atoms with Gasteiger partial charge in [0.2, 0.25) is 0 Å². The van der Waals surface area contributed by atoms with Crippen LogP contribution in [0.5, 0.6) is 5.75 Å². The van der Waals surface area contributed by atoms with Crippen molar-refractivity contribution in [2.75, 3.05) is 6.61 Å². The number of hydrazine groups is 1. The zero-order chi connectivity index (χ0) is 16.5. The van der Waals surface area contributed by atoms with Gasteiger partial charge in [0.1, 0.15) is 5.75 Å². The van der Waals surface area contributed by atoms with Gasteiger partial charge in [0.15, 0.2) is 11.7 Å². The number of carbonyl (C=O) groups is 1. The van der Waals surface area contributed by atoms with Crippen molar-refractivity contribution in [3.63, 3.8) is 0 Å². The fraction of sp³-hybridized carbons (Fsp3) is 0.125. The average molecular weight is 394 g/mol. The molecule has 0 heterocycles. The van der Waals surface area contributed by atoms with Gasteiger partial charge in [-0.25, -0.2) is 0 Å². The third-order valence-corrected chi connectivity index (χ3v) is 3.52. The highest BCUT2D eigenvalue weighted by molar-refractivity contribution is 9.10. The van der Waals surface area contributed by atoms with E-state index in [4.69, 9.17) is 17.0 Å². The SMILES string of the molecule is O=C(COc1cccc(Br)c1)NNC(=S)NCc1ccccc1. The van der Waals surface area contributed by atoms with Gasteiger partial charge in [0.05, 0.1) is 0 Å². The number of thiocarbonyl (C=S) groups is 1. The molecule has 1 amide bonds. The van der Waals surface area contributed by atoms with E-state index in [1.165, 1.54) is 0 Å². The summed E-state index contributed by atoms with van der Waals surface area (Å²) < 4.78 is 6.25. The van der Waals surface area contributed by atoms with Gasteiger partial charge >= 0.3 is 0 Å². The summed E-state index contributed by atoms with van der Waals surface area (Å²) in [7, 11) is 0. The monoisotopic (exact) mass is 393 g/mol. The topological polar surface area (TPSA) is 62.4 Å². The predicted octanol–water partition coefficient (Wildman–Crippen LogP) is 2.52. The summed E-state index contributed by atoms with van der Waals surface area (Å²) in [6, 6.07) is 17.1. The summed E-state index contributed by atoms with van der Waals surface area (Å²) in [6.07, 6.45) is 0. The minimum absolute atomic E-state index is 0.106. The van der Waals surface area contributed by atoms with Crippen LogP contribution in [-0.2, 0) is 11.3 Å². The minimum Gasteiger partial charge on any atom is -0.484 e. The average Bonchev–Trinajstić information content (AvgIpc) is 2.57. The first-order chi connectivity index (χ1) is 11.1. The Hall–Kier alpha value is -2.12. The standard InChI is InChI=1S/C16H16BrN3O2S/c17-13-7-4-8-14(9-13)22-11-15(21)19-20-16(23)18-10-12-5-2-1-3-6-12/h1-9H,10-11H2,(H,19,21)(H2,18,20,23). The summed E-state index contributed by atoms with van der Waals surface area (Å²) in [4.78, 5) is 11.7. The molecule has 0 atom stereocenters. The van der Waals surface area contributed by atoms with Crippen LogP contribution in [-0.4, -0.2) is 17.6 Å². The molecular weight excluding hydrogens is 378 g/mol. The van der Waals surface area contributed by atoms with Gasteiger partial charge in [-0.1, -0.05) is 52.3 Å². The Labute approximate surface area is 148 Å². The number of ether oxygens (including phenoxy) is 1. The highest BCUT2D eigenvalue weighted by Crippen LogP contribution is 2.17. The summed E-state index contributed by atoms with van der Waals surface area (Å²) >= 11 is 8.42. The van der Waals surface area contributed by atoms with E-state index in [9.17, 15) is 4.79 Å². The van der Waals surface area contributed by atoms with Crippen molar-refractivity contribution >= 4 is 39.2 Å². The smallest absolute Gasteiger partial charge is 0.276 e. The Kier molecular flexibility index (Phi) is 6.83. The molecule has 2 aromatic carbocycles. The van der Waals surface area contributed by atoms with E-state index in [1.807, 2.05) is 42.5 Å². The molecule has 0 saturated carbocycles. The first kappa shape index (κ1) is 17.2. The summed E-state index contributed by atoms with van der Waals surface area (Å²) in [6.45, 7) is 0.474. The number of benzene rings is 2. The second-order valence-electron chi connectivity index (χ2n) is 4.59. The lowest BCUT2D eigenvalue weighted by Crippen LogP contribution is -2.48. The molecule has 23 heavy (non-hydrogen) atoms. The van der Waals surface area contributed by atoms with Crippen molar-refractivity contribution in [2.45, 2.75) is 6.54 Å². The van der Waals surface area contributed by atoms with Gasteiger partial charge < -0.3 is 10.1 Å². The van der Waals surface area contributed by atoms with Crippen LogP contribution in [0.25, 0.3) is 0 Å². The van der Waals surface area contributed by atoms with Crippen molar-refractivity contribution in [1.82, 2.24) is 16.2 Å². The van der Waals surface area contributed by atoms with Crippen LogP contribution in [0.15, 0.2) is 59.1 Å². The summed E-state index contributed by atoms with van der Waals surface area (Å²) in [5.41, 5.74) is 6.20. The molecular formula is C16H16BrN3O2S. The Morgan fingerprint density at radius 1 is 1.09 bits per heavy atom. The molecule has 2 rings (SSSR count). The fourth-order valence-electron chi connectivity index (χ4n) is 1.69. The lowest BCUT2D eigenvalue weighted by Gasteiger charge is -2.12. The lowest BCUT2D eigenvalue weighted by atomic mass is 10.2. The maximum atomic E-state index is 11.7. The molecule has 0 aliphatic carbocycles. The summed E-state index contributed by atoms with van der Waals surface area (Å²) in [5.74, 6) is 0.285. The first-order valence-electron chi connectivity index (χ1n) is 6.88. The second kappa shape index (κ2) is 9.12. The molecule has 0 spiro atoms. The number of amides is 1. The maximum absolute atomic E-state index is 11.7. The fourth-order valence-corrected chi connectivity index (χ4v) is 2.19. The van der Waals surface area contributed by atoms with E-state index in [0.29, 0.717) is 17.4 Å². The van der Waals surface area contributed by atoms with Crippen molar-refractivity contribution in [3.05, 3.63) is 64.6 Å². The van der Waals surface area contributed by atoms with E-state index in [0.717, 1.165) is 10.0 Å². The lowest BCUT2D eigenvalue weighted by molar-refractivity contribution is -0.123. The number of carbonyl (C=O) groups excluding carboxylic acids is 1. The molecule has 7 heteroatoms. The van der Waals surface area contributed by atoms with E-state index in [-0.39, 0.29) is 12.5 Å². The quantitative estimate of drug-likeness (QED) is 0.538. The number of hydrogen-bond acceptors (Lipinski definition) is 3. The highest BCUT2D eigenvalue weighted by Gasteiger charge is 2.04. The van der Waals surface area contributed by atoms with Crippen molar-refractivity contribution in [2.24, 2.45) is 0 Å². The Bertz CT molecular complexity index is 667. The first-order valence-corrected chi connectivity index (χ1v) is 8.08. The van der Waals surface area contributed by atoms with Crippen LogP contribution in [0.4, 0.5) is 0 Å². The molecule has 0 radical (unpaired) electrons. The number of rotatable bonds is 5. The second-order valence-corrected chi connectivity index (χ2v) is 5.91. The zero-order valence-corrected chi connectivity index (χ0v) is 14.6. The van der Waals surface area contributed by atoms with Gasteiger partial charge in [0, 0.05) is 11.0 Å². The van der Waals surface area contributed by atoms with Gasteiger partial charge in [-0.3, -0.25) is 15.6 Å². The molecule has 0 unspecified atom stereocenters. The van der Waals surface area contributed by atoms with Crippen LogP contribution in [0.2, 0.25) is 0 Å². The third-order valence-electron chi connectivity index (χ3n) is 2.78. The van der Waals surface area contributed by atoms with Gasteiger partial charge in [-0.15, -0.1) is 0 Å². The van der Waals surface area contributed by atoms with Crippen molar-refractivity contribution in [1.29, 1.82) is 0 Å². The molecule has 0 aliphatic heterocycles. The predicted molar refractivity (Wildman–Crippen MR) is 96.8 cm³/mol. The molecule has 0 aromatic heterocycles. The van der Waals surface area contributed by atoms with Crippen LogP contribution in [0.1, 0.15) is 5.56 Å². The number of hydrogen-bond donors (Lipinski definition) is 3. The normalized spacial score (nSPS) is 9.78. The molecule has 2 aromatic rings. The molecule has 0 bridgehead atoms. The van der Waals surface area contributed by atoms with Gasteiger partial charge in [0.25, 0.3) is 5.91 Å². The summed E-state index contributed by atoms with van der Waals surface area (Å²) in [5, 5.41) is 3.33. The van der Waals surface area contributed by atoms with Crippen LogP contribution in [0, 0.1) is 0 Å². The number of nitrogens with one attached hydrogen (secondary N) is 3. The molecule has 3 N–H and O–H groups in total. The van der Waals surface area contributed by atoms with Crippen molar-refractivity contribution < 1.29 is 9.53 Å². The third kappa shape index (κ3) is 6.66. The van der Waals surface area contributed by atoms with E-state index >= 15 is 0 Å². The highest BCUT2D eigenvalue weighted by atomic mass is 79.9. The minimum atomic E-state index is -0.325. The molecule has 120 valence electrons. The van der Waals surface area contributed by atoms with Gasteiger partial charge in [-0.2, -0.15) is 0 Å².